The summed E-state index contributed by atoms with van der Waals surface area (Å²) < 4.78 is 30.7. The number of halogens is 1. The van der Waals surface area contributed by atoms with Crippen LogP contribution in [0.4, 0.5) is 5.69 Å². The average molecular weight is 298 g/mol. The molecule has 0 aliphatic carbocycles. The first kappa shape index (κ1) is 13.7. The molecule has 19 heavy (non-hydrogen) atoms. The van der Waals surface area contributed by atoms with E-state index < -0.39 is 15.2 Å². The van der Waals surface area contributed by atoms with E-state index in [9.17, 15) is 8.42 Å². The van der Waals surface area contributed by atoms with Gasteiger partial charge in [0.25, 0.3) is 0 Å². The number of benzene rings is 2. The van der Waals surface area contributed by atoms with Crippen molar-refractivity contribution >= 4 is 27.3 Å². The predicted molar refractivity (Wildman–Crippen MR) is 76.2 cm³/mol. The second-order valence-electron chi connectivity index (χ2n) is 3.77. The van der Waals surface area contributed by atoms with E-state index in [2.05, 4.69) is 4.72 Å². The van der Waals surface area contributed by atoms with Crippen molar-refractivity contribution in [3.05, 3.63) is 54.6 Å². The van der Waals surface area contributed by atoms with Gasteiger partial charge in [0.15, 0.2) is 0 Å². The van der Waals surface area contributed by atoms with Gasteiger partial charge >= 0.3 is 0 Å². The van der Waals surface area contributed by atoms with Crippen LogP contribution in [-0.4, -0.2) is 13.6 Å². The van der Waals surface area contributed by atoms with Gasteiger partial charge in [-0.15, -0.1) is 11.6 Å². The van der Waals surface area contributed by atoms with Gasteiger partial charge in [-0.1, -0.05) is 24.3 Å². The summed E-state index contributed by atoms with van der Waals surface area (Å²) in [5, 5.41) is -0.489. The van der Waals surface area contributed by atoms with Crippen molar-refractivity contribution < 1.29 is 13.2 Å². The second kappa shape index (κ2) is 5.95. The maximum absolute atomic E-state index is 11.4. The van der Waals surface area contributed by atoms with Crippen LogP contribution in [0, 0.1) is 0 Å². The van der Waals surface area contributed by atoms with E-state index in [0.717, 1.165) is 0 Å². The summed E-state index contributed by atoms with van der Waals surface area (Å²) in [4.78, 5) is 0. The number of para-hydroxylation sites is 1. The first-order valence-electron chi connectivity index (χ1n) is 5.48. The minimum Gasteiger partial charge on any atom is -0.457 e. The summed E-state index contributed by atoms with van der Waals surface area (Å²) in [5.74, 6) is 1.22. The Hall–Kier alpha value is -1.72. The number of sulfonamides is 1. The van der Waals surface area contributed by atoms with Gasteiger partial charge in [0.05, 0.1) is 5.69 Å². The maximum Gasteiger partial charge on any atom is 0.246 e. The van der Waals surface area contributed by atoms with Crippen molar-refractivity contribution in [2.45, 2.75) is 0 Å². The van der Waals surface area contributed by atoms with E-state index in [1.165, 1.54) is 0 Å². The number of rotatable bonds is 5. The quantitative estimate of drug-likeness (QED) is 0.860. The molecule has 0 heterocycles. The van der Waals surface area contributed by atoms with Crippen molar-refractivity contribution in [1.82, 2.24) is 0 Å². The monoisotopic (exact) mass is 297 g/mol. The van der Waals surface area contributed by atoms with Gasteiger partial charge in [0.2, 0.25) is 10.0 Å². The first-order chi connectivity index (χ1) is 9.09. The van der Waals surface area contributed by atoms with E-state index in [-0.39, 0.29) is 0 Å². The van der Waals surface area contributed by atoms with E-state index in [1.807, 2.05) is 30.3 Å². The Morgan fingerprint density at radius 1 is 1.00 bits per heavy atom. The molecule has 2 aromatic carbocycles. The number of nitrogens with one attached hydrogen (secondary N) is 1. The molecule has 0 atom stereocenters. The van der Waals surface area contributed by atoms with E-state index in [0.29, 0.717) is 17.2 Å². The highest BCUT2D eigenvalue weighted by Crippen LogP contribution is 2.24. The fourth-order valence-corrected chi connectivity index (χ4v) is 2.16. The normalized spacial score (nSPS) is 11.0. The van der Waals surface area contributed by atoms with Crippen molar-refractivity contribution in [3.8, 4) is 11.5 Å². The van der Waals surface area contributed by atoms with Gasteiger partial charge in [0, 0.05) is 6.07 Å². The molecule has 0 spiro atoms. The van der Waals surface area contributed by atoms with Gasteiger partial charge in [0.1, 0.15) is 16.7 Å². The molecule has 100 valence electrons. The number of hydrogen-bond acceptors (Lipinski definition) is 3. The molecule has 4 nitrogen and oxygen atoms in total. The van der Waals surface area contributed by atoms with Crippen LogP contribution in [0.1, 0.15) is 0 Å². The topological polar surface area (TPSA) is 55.4 Å². The lowest BCUT2D eigenvalue weighted by Gasteiger charge is -2.08. The summed E-state index contributed by atoms with van der Waals surface area (Å²) in [6.07, 6.45) is 0. The fourth-order valence-electron chi connectivity index (χ4n) is 1.45. The first-order valence-corrected chi connectivity index (χ1v) is 7.67. The Bertz CT molecular complexity index is 644. The molecule has 0 unspecified atom stereocenters. The number of anilines is 1. The lowest BCUT2D eigenvalue weighted by atomic mass is 10.3. The Labute approximate surface area is 117 Å². The standard InChI is InChI=1S/C13H12ClNO3S/c14-10-19(16,17)15-11-5-4-8-13(9-11)18-12-6-2-1-3-7-12/h1-9,15H,10H2. The molecular formula is C13H12ClNO3S. The van der Waals surface area contributed by atoms with Crippen molar-refractivity contribution in [1.29, 1.82) is 0 Å². The van der Waals surface area contributed by atoms with Crippen LogP contribution in [0.5, 0.6) is 11.5 Å². The average Bonchev–Trinajstić information content (AvgIpc) is 2.40. The van der Waals surface area contributed by atoms with Crippen molar-refractivity contribution in [2.24, 2.45) is 0 Å². The Morgan fingerprint density at radius 2 is 1.68 bits per heavy atom. The summed E-state index contributed by atoms with van der Waals surface area (Å²) in [6.45, 7) is 0. The molecule has 2 rings (SSSR count). The minimum absolute atomic E-state index is 0.411. The number of ether oxygens (including phenoxy) is 1. The highest BCUT2D eigenvalue weighted by atomic mass is 35.5. The van der Waals surface area contributed by atoms with Gasteiger partial charge in [-0.25, -0.2) is 8.42 Å². The maximum atomic E-state index is 11.4. The Balaban J connectivity index is 2.16. The number of hydrogen-bond donors (Lipinski definition) is 1. The SMILES string of the molecule is O=S(=O)(CCl)Nc1cccc(Oc2ccccc2)c1. The molecule has 2 aromatic rings. The Kier molecular flexibility index (Phi) is 4.29. The molecule has 0 fully saturated rings. The van der Waals surface area contributed by atoms with E-state index >= 15 is 0 Å². The van der Waals surface area contributed by atoms with Crippen molar-refractivity contribution in [2.75, 3.05) is 9.93 Å². The molecule has 1 N–H and O–H groups in total. The predicted octanol–water partition coefficient (Wildman–Crippen LogP) is 3.42. The molecule has 0 saturated carbocycles. The Morgan fingerprint density at radius 3 is 2.37 bits per heavy atom. The van der Waals surface area contributed by atoms with Gasteiger partial charge < -0.3 is 4.74 Å². The van der Waals surface area contributed by atoms with Crippen LogP contribution in [-0.2, 0) is 10.0 Å². The van der Waals surface area contributed by atoms with Gasteiger partial charge in [-0.3, -0.25) is 4.72 Å². The van der Waals surface area contributed by atoms with E-state index in [4.69, 9.17) is 16.3 Å². The lowest BCUT2D eigenvalue weighted by Crippen LogP contribution is -2.13. The molecule has 0 aromatic heterocycles. The summed E-state index contributed by atoms with van der Waals surface area (Å²) in [5.41, 5.74) is 0.411. The molecule has 0 amide bonds. The summed E-state index contributed by atoms with van der Waals surface area (Å²) in [7, 11) is -3.50. The molecule has 0 aliphatic heterocycles. The molecule has 0 aliphatic rings. The minimum atomic E-state index is -3.50. The number of alkyl halides is 1. The fraction of sp³-hybridized carbons (Fsp3) is 0.0769. The van der Waals surface area contributed by atoms with Crippen LogP contribution < -0.4 is 9.46 Å². The van der Waals surface area contributed by atoms with Crippen molar-refractivity contribution in [3.63, 3.8) is 0 Å². The highest BCUT2D eigenvalue weighted by molar-refractivity contribution is 7.93. The second-order valence-corrected chi connectivity index (χ2v) is 6.08. The van der Waals surface area contributed by atoms with Crippen LogP contribution in [0.25, 0.3) is 0 Å². The van der Waals surface area contributed by atoms with Crippen LogP contribution >= 0.6 is 11.6 Å². The zero-order valence-corrected chi connectivity index (χ0v) is 11.5. The third kappa shape index (κ3) is 4.15. The van der Waals surface area contributed by atoms with Gasteiger partial charge in [-0.05, 0) is 24.3 Å². The van der Waals surface area contributed by atoms with Crippen LogP contribution in [0.3, 0.4) is 0 Å². The smallest absolute Gasteiger partial charge is 0.246 e. The summed E-state index contributed by atoms with van der Waals surface area (Å²) >= 11 is 5.33. The lowest BCUT2D eigenvalue weighted by molar-refractivity contribution is 0.483. The molecule has 6 heteroatoms. The zero-order valence-electron chi connectivity index (χ0n) is 9.91. The van der Waals surface area contributed by atoms with Crippen LogP contribution in [0.15, 0.2) is 54.6 Å². The third-order valence-corrected chi connectivity index (χ3v) is 3.93. The van der Waals surface area contributed by atoms with Crippen LogP contribution in [0.2, 0.25) is 0 Å². The molecule has 0 radical (unpaired) electrons. The molecule has 0 saturated heterocycles. The van der Waals surface area contributed by atoms with E-state index in [1.54, 1.807) is 24.3 Å². The summed E-state index contributed by atoms with van der Waals surface area (Å²) in [6, 6.07) is 15.9. The molecular weight excluding hydrogens is 286 g/mol. The van der Waals surface area contributed by atoms with Gasteiger partial charge in [-0.2, -0.15) is 0 Å². The molecule has 0 bridgehead atoms. The third-order valence-electron chi connectivity index (χ3n) is 2.23. The highest BCUT2D eigenvalue weighted by Gasteiger charge is 2.08. The zero-order chi connectivity index (χ0) is 13.7. The largest absolute Gasteiger partial charge is 0.457 e.